The molecule has 28 heavy (non-hydrogen) atoms. The molecule has 0 bridgehead atoms. The van der Waals surface area contributed by atoms with E-state index in [9.17, 15) is 17.6 Å². The number of nitrogens with zero attached hydrogens (tertiary/aromatic N) is 2. The summed E-state index contributed by atoms with van der Waals surface area (Å²) in [4.78, 5) is 15.2. The third-order valence-corrected chi connectivity index (χ3v) is 7.34. The second kappa shape index (κ2) is 7.64. The minimum absolute atomic E-state index is 0.136. The first-order valence-corrected chi connectivity index (χ1v) is 10.7. The summed E-state index contributed by atoms with van der Waals surface area (Å²) in [6.07, 6.45) is 1.65. The topological polar surface area (TPSA) is 57.7 Å². The van der Waals surface area contributed by atoms with Crippen molar-refractivity contribution in [2.24, 2.45) is 0 Å². The SMILES string of the molecule is Cc1cc(C(=O)N2CCCC2c2ccc(F)cc2)cc(S(=O)(=O)N(C)C)c1C. The normalized spacial score (nSPS) is 17.4. The molecule has 1 atom stereocenters. The van der Waals surface area contributed by atoms with E-state index in [1.807, 2.05) is 6.92 Å². The van der Waals surface area contributed by atoms with Crippen LogP contribution in [0.3, 0.4) is 0 Å². The number of hydrogen-bond acceptors (Lipinski definition) is 3. The molecule has 0 radical (unpaired) electrons. The van der Waals surface area contributed by atoms with Crippen LogP contribution in [0.2, 0.25) is 0 Å². The Bertz CT molecular complexity index is 1000. The van der Waals surface area contributed by atoms with Crippen molar-refractivity contribution in [3.8, 4) is 0 Å². The molecule has 1 fully saturated rings. The van der Waals surface area contributed by atoms with Crippen molar-refractivity contribution in [3.05, 3.63) is 64.5 Å². The molecule has 0 saturated carbocycles. The first-order chi connectivity index (χ1) is 13.1. The molecule has 0 aliphatic carbocycles. The highest BCUT2D eigenvalue weighted by molar-refractivity contribution is 7.89. The molecular formula is C21H25FN2O3S. The van der Waals surface area contributed by atoms with E-state index in [4.69, 9.17) is 0 Å². The van der Waals surface area contributed by atoms with E-state index < -0.39 is 10.0 Å². The van der Waals surface area contributed by atoms with Crippen LogP contribution in [0, 0.1) is 19.7 Å². The van der Waals surface area contributed by atoms with E-state index in [2.05, 4.69) is 0 Å². The van der Waals surface area contributed by atoms with Crippen LogP contribution in [0.4, 0.5) is 4.39 Å². The lowest BCUT2D eigenvalue weighted by Gasteiger charge is -2.26. The quantitative estimate of drug-likeness (QED) is 0.781. The number of amides is 1. The Morgan fingerprint density at radius 1 is 1.14 bits per heavy atom. The summed E-state index contributed by atoms with van der Waals surface area (Å²) < 4.78 is 39.8. The van der Waals surface area contributed by atoms with Crippen LogP contribution in [-0.2, 0) is 10.0 Å². The maximum Gasteiger partial charge on any atom is 0.254 e. The van der Waals surface area contributed by atoms with Crippen LogP contribution >= 0.6 is 0 Å². The lowest BCUT2D eigenvalue weighted by Crippen LogP contribution is -2.31. The first kappa shape index (κ1) is 20.5. The van der Waals surface area contributed by atoms with Crippen LogP contribution in [-0.4, -0.2) is 44.2 Å². The highest BCUT2D eigenvalue weighted by Crippen LogP contribution is 2.34. The number of carbonyl (C=O) groups excluding carboxylic acids is 1. The third kappa shape index (κ3) is 3.69. The fraction of sp³-hybridized carbons (Fsp3) is 0.381. The van der Waals surface area contributed by atoms with Gasteiger partial charge in [-0.05, 0) is 67.6 Å². The van der Waals surface area contributed by atoms with E-state index in [-0.39, 0.29) is 22.7 Å². The van der Waals surface area contributed by atoms with Crippen molar-refractivity contribution in [1.29, 1.82) is 0 Å². The van der Waals surface area contributed by atoms with Crippen molar-refractivity contribution in [3.63, 3.8) is 0 Å². The molecule has 1 amide bonds. The standard InChI is InChI=1S/C21H25FN2O3S/c1-14-12-17(13-20(15(14)2)28(26,27)23(3)4)21(25)24-11-5-6-19(24)16-7-9-18(22)10-8-16/h7-10,12-13,19H,5-6,11H2,1-4H3. The zero-order valence-corrected chi connectivity index (χ0v) is 17.4. The van der Waals surface area contributed by atoms with E-state index in [0.29, 0.717) is 17.7 Å². The summed E-state index contributed by atoms with van der Waals surface area (Å²) in [5.74, 6) is -0.516. The first-order valence-electron chi connectivity index (χ1n) is 9.23. The van der Waals surface area contributed by atoms with Gasteiger partial charge < -0.3 is 4.90 Å². The molecule has 7 heteroatoms. The van der Waals surface area contributed by atoms with E-state index >= 15 is 0 Å². The number of benzene rings is 2. The van der Waals surface area contributed by atoms with Crippen molar-refractivity contribution in [2.75, 3.05) is 20.6 Å². The van der Waals surface area contributed by atoms with Gasteiger partial charge in [0.25, 0.3) is 5.91 Å². The number of likely N-dealkylation sites (tertiary alicyclic amines) is 1. The molecule has 1 heterocycles. The molecule has 0 N–H and O–H groups in total. The molecule has 1 aliphatic heterocycles. The maximum absolute atomic E-state index is 13.3. The fourth-order valence-corrected chi connectivity index (χ4v) is 4.84. The Kier molecular flexibility index (Phi) is 5.59. The van der Waals surface area contributed by atoms with Gasteiger partial charge in [-0.3, -0.25) is 4.79 Å². The monoisotopic (exact) mass is 404 g/mol. The summed E-state index contributed by atoms with van der Waals surface area (Å²) in [7, 11) is -0.707. The Hall–Kier alpha value is -2.25. The summed E-state index contributed by atoms with van der Waals surface area (Å²) in [6.45, 7) is 4.14. The van der Waals surface area contributed by atoms with Gasteiger partial charge in [0, 0.05) is 26.2 Å². The van der Waals surface area contributed by atoms with Crippen LogP contribution in [0.1, 0.15) is 45.9 Å². The molecule has 0 aromatic heterocycles. The van der Waals surface area contributed by atoms with Gasteiger partial charge in [-0.1, -0.05) is 12.1 Å². The summed E-state index contributed by atoms with van der Waals surface area (Å²) in [6, 6.07) is 9.28. The average Bonchev–Trinajstić information content (AvgIpc) is 3.13. The van der Waals surface area contributed by atoms with Gasteiger partial charge in [-0.15, -0.1) is 0 Å². The second-order valence-electron chi connectivity index (χ2n) is 7.41. The van der Waals surface area contributed by atoms with Gasteiger partial charge in [-0.2, -0.15) is 0 Å². The molecule has 1 unspecified atom stereocenters. The maximum atomic E-state index is 13.3. The van der Waals surface area contributed by atoms with Crippen LogP contribution in [0.15, 0.2) is 41.3 Å². The Balaban J connectivity index is 2.00. The second-order valence-corrected chi connectivity index (χ2v) is 9.53. The van der Waals surface area contributed by atoms with Crippen LogP contribution in [0.25, 0.3) is 0 Å². The summed E-state index contributed by atoms with van der Waals surface area (Å²) >= 11 is 0. The predicted molar refractivity (Wildman–Crippen MR) is 106 cm³/mol. The van der Waals surface area contributed by atoms with E-state index in [1.54, 1.807) is 30.0 Å². The van der Waals surface area contributed by atoms with Crippen LogP contribution < -0.4 is 0 Å². The third-order valence-electron chi connectivity index (χ3n) is 5.39. The number of carbonyl (C=O) groups is 1. The van der Waals surface area contributed by atoms with Gasteiger partial charge in [-0.25, -0.2) is 17.1 Å². The van der Waals surface area contributed by atoms with Gasteiger partial charge in [0.15, 0.2) is 0 Å². The number of halogens is 1. The highest BCUT2D eigenvalue weighted by atomic mass is 32.2. The van der Waals surface area contributed by atoms with Gasteiger partial charge >= 0.3 is 0 Å². The molecule has 5 nitrogen and oxygen atoms in total. The van der Waals surface area contributed by atoms with Crippen molar-refractivity contribution < 1.29 is 17.6 Å². The molecular weight excluding hydrogens is 379 g/mol. The Labute approximate surface area is 165 Å². The Morgan fingerprint density at radius 2 is 1.79 bits per heavy atom. The predicted octanol–water partition coefficient (Wildman–Crippen LogP) is 3.67. The van der Waals surface area contributed by atoms with Crippen molar-refractivity contribution >= 4 is 15.9 Å². The number of sulfonamides is 1. The Morgan fingerprint density at radius 3 is 2.39 bits per heavy atom. The van der Waals surface area contributed by atoms with Crippen molar-refractivity contribution in [1.82, 2.24) is 9.21 Å². The average molecular weight is 405 g/mol. The highest BCUT2D eigenvalue weighted by Gasteiger charge is 2.32. The van der Waals surface area contributed by atoms with E-state index in [1.165, 1.54) is 32.3 Å². The number of hydrogen-bond donors (Lipinski definition) is 0. The molecule has 1 saturated heterocycles. The minimum atomic E-state index is -3.66. The zero-order valence-electron chi connectivity index (χ0n) is 16.6. The molecule has 1 aliphatic rings. The smallest absolute Gasteiger partial charge is 0.254 e. The summed E-state index contributed by atoms with van der Waals surface area (Å²) in [5.41, 5.74) is 2.64. The zero-order chi connectivity index (χ0) is 20.6. The molecule has 0 spiro atoms. The van der Waals surface area contributed by atoms with Crippen molar-refractivity contribution in [2.45, 2.75) is 37.6 Å². The van der Waals surface area contributed by atoms with Crippen LogP contribution in [0.5, 0.6) is 0 Å². The van der Waals surface area contributed by atoms with E-state index in [0.717, 1.165) is 28.3 Å². The molecule has 150 valence electrons. The van der Waals surface area contributed by atoms with Gasteiger partial charge in [0.1, 0.15) is 5.82 Å². The lowest BCUT2D eigenvalue weighted by atomic mass is 10.0. The minimum Gasteiger partial charge on any atom is -0.332 e. The van der Waals surface area contributed by atoms with Gasteiger partial charge in [0.05, 0.1) is 10.9 Å². The summed E-state index contributed by atoms with van der Waals surface area (Å²) in [5, 5.41) is 0. The largest absolute Gasteiger partial charge is 0.332 e. The molecule has 2 aromatic carbocycles. The number of rotatable bonds is 4. The molecule has 2 aromatic rings. The lowest BCUT2D eigenvalue weighted by molar-refractivity contribution is 0.0735. The number of aryl methyl sites for hydroxylation is 1. The van der Waals surface area contributed by atoms with Gasteiger partial charge in [0.2, 0.25) is 10.0 Å². The molecule has 3 rings (SSSR count). The fourth-order valence-electron chi connectivity index (χ4n) is 3.62.